The molecule has 0 spiro atoms. The normalized spacial score (nSPS) is 18.8. The molecule has 1 rings (SSSR count). The van der Waals surface area contributed by atoms with E-state index in [1.54, 1.807) is 0 Å². The van der Waals surface area contributed by atoms with Crippen molar-refractivity contribution in [2.75, 3.05) is 13.2 Å². The first kappa shape index (κ1) is 20.4. The highest BCUT2D eigenvalue weighted by atomic mass is 16.6. The molecule has 9 heteroatoms. The highest BCUT2D eigenvalue weighted by Gasteiger charge is 2.27. The Kier molecular flexibility index (Phi) is 7.80. The van der Waals surface area contributed by atoms with Crippen LogP contribution in [0.15, 0.2) is 24.3 Å². The molecule has 0 aliphatic carbocycles. The molecule has 2 N–H and O–H groups in total. The SMILES string of the molecule is C=C(C)C(=O)NC(=O)OC[C@H]1CC[C@@H](COC(=O)NC(=O)C(=C)C)O1. The van der Waals surface area contributed by atoms with E-state index in [9.17, 15) is 19.2 Å². The number of imide groups is 2. The van der Waals surface area contributed by atoms with Crippen LogP contribution in [0.25, 0.3) is 0 Å². The highest BCUT2D eigenvalue weighted by Crippen LogP contribution is 2.20. The summed E-state index contributed by atoms with van der Waals surface area (Å²) in [5.74, 6) is -1.22. The third-order valence-electron chi connectivity index (χ3n) is 3.20. The Morgan fingerprint density at radius 1 is 0.880 bits per heavy atom. The zero-order chi connectivity index (χ0) is 19.0. The van der Waals surface area contributed by atoms with Crippen molar-refractivity contribution < 1.29 is 33.4 Å². The summed E-state index contributed by atoms with van der Waals surface area (Å²) in [5.41, 5.74) is 0.379. The van der Waals surface area contributed by atoms with E-state index in [-0.39, 0.29) is 36.6 Å². The van der Waals surface area contributed by atoms with E-state index in [0.29, 0.717) is 12.8 Å². The van der Waals surface area contributed by atoms with Gasteiger partial charge >= 0.3 is 12.2 Å². The minimum absolute atomic E-state index is 0.0356. The van der Waals surface area contributed by atoms with Crippen LogP contribution < -0.4 is 10.6 Å². The molecule has 0 unspecified atom stereocenters. The van der Waals surface area contributed by atoms with Crippen LogP contribution >= 0.6 is 0 Å². The number of carbonyl (C=O) groups is 4. The topological polar surface area (TPSA) is 120 Å². The first-order chi connectivity index (χ1) is 11.7. The Bertz CT molecular complexity index is 535. The van der Waals surface area contributed by atoms with Crippen LogP contribution in [0.5, 0.6) is 0 Å². The number of nitrogens with one attached hydrogen (secondary N) is 2. The number of hydrogen-bond donors (Lipinski definition) is 2. The highest BCUT2D eigenvalue weighted by molar-refractivity contribution is 6.02. The van der Waals surface area contributed by atoms with E-state index in [1.807, 2.05) is 10.6 Å². The summed E-state index contributed by atoms with van der Waals surface area (Å²) < 4.78 is 15.3. The van der Waals surface area contributed by atoms with Gasteiger partial charge in [0.15, 0.2) is 0 Å². The summed E-state index contributed by atoms with van der Waals surface area (Å²) in [6.07, 6.45) is -1.29. The lowest BCUT2D eigenvalue weighted by Gasteiger charge is -2.14. The summed E-state index contributed by atoms with van der Waals surface area (Å²) >= 11 is 0. The summed E-state index contributed by atoms with van der Waals surface area (Å²) in [6, 6.07) is 0. The quantitative estimate of drug-likeness (QED) is 0.687. The summed E-state index contributed by atoms with van der Waals surface area (Å²) in [5, 5.41) is 4.02. The third kappa shape index (κ3) is 7.62. The number of rotatable bonds is 6. The van der Waals surface area contributed by atoms with E-state index in [0.717, 1.165) is 0 Å². The minimum atomic E-state index is -0.881. The molecular formula is C16H22N2O7. The van der Waals surface area contributed by atoms with Gasteiger partial charge in [-0.25, -0.2) is 9.59 Å². The molecule has 0 aromatic heterocycles. The van der Waals surface area contributed by atoms with Gasteiger partial charge in [-0.05, 0) is 26.7 Å². The van der Waals surface area contributed by atoms with Gasteiger partial charge in [-0.15, -0.1) is 0 Å². The van der Waals surface area contributed by atoms with E-state index >= 15 is 0 Å². The van der Waals surface area contributed by atoms with Gasteiger partial charge in [0, 0.05) is 11.1 Å². The van der Waals surface area contributed by atoms with Crippen LogP contribution in [0.2, 0.25) is 0 Å². The molecule has 9 nitrogen and oxygen atoms in total. The molecule has 1 aliphatic rings. The molecule has 0 aromatic carbocycles. The Labute approximate surface area is 145 Å². The number of ether oxygens (including phenoxy) is 3. The first-order valence-corrected chi connectivity index (χ1v) is 7.61. The zero-order valence-electron chi connectivity index (χ0n) is 14.3. The maximum absolute atomic E-state index is 11.4. The standard InChI is InChI=1S/C16H22N2O7/c1-9(2)13(19)17-15(21)23-7-11-5-6-12(25-11)8-24-16(22)18-14(20)10(3)4/h11-12H,1,3,5-8H2,2,4H3,(H,17,19,21)(H,18,20,22)/t11-,12+. The first-order valence-electron chi connectivity index (χ1n) is 7.61. The molecular weight excluding hydrogens is 332 g/mol. The number of alkyl carbamates (subject to hydrolysis) is 2. The fourth-order valence-corrected chi connectivity index (χ4v) is 1.83. The maximum Gasteiger partial charge on any atom is 0.414 e. The molecule has 2 atom stereocenters. The lowest BCUT2D eigenvalue weighted by Crippen LogP contribution is -2.34. The van der Waals surface area contributed by atoms with Crippen LogP contribution in [0.4, 0.5) is 9.59 Å². The molecule has 1 fully saturated rings. The van der Waals surface area contributed by atoms with Gasteiger partial charge in [-0.2, -0.15) is 0 Å². The second kappa shape index (κ2) is 9.58. The molecule has 4 amide bonds. The van der Waals surface area contributed by atoms with E-state index in [1.165, 1.54) is 13.8 Å². The van der Waals surface area contributed by atoms with Gasteiger partial charge < -0.3 is 14.2 Å². The van der Waals surface area contributed by atoms with Crippen LogP contribution in [-0.2, 0) is 23.8 Å². The van der Waals surface area contributed by atoms with Gasteiger partial charge in [-0.3, -0.25) is 20.2 Å². The Hall–Kier alpha value is -2.68. The third-order valence-corrected chi connectivity index (χ3v) is 3.20. The zero-order valence-corrected chi connectivity index (χ0v) is 14.3. The second-order valence-electron chi connectivity index (χ2n) is 5.62. The summed E-state index contributed by atoms with van der Waals surface area (Å²) in [7, 11) is 0. The van der Waals surface area contributed by atoms with Crippen LogP contribution in [0.1, 0.15) is 26.7 Å². The fourth-order valence-electron chi connectivity index (χ4n) is 1.83. The smallest absolute Gasteiger partial charge is 0.414 e. The molecule has 138 valence electrons. The summed E-state index contributed by atoms with van der Waals surface area (Å²) in [4.78, 5) is 45.3. The van der Waals surface area contributed by atoms with Crippen molar-refractivity contribution in [1.29, 1.82) is 0 Å². The van der Waals surface area contributed by atoms with Crippen molar-refractivity contribution in [2.45, 2.75) is 38.9 Å². The minimum Gasteiger partial charge on any atom is -0.446 e. The van der Waals surface area contributed by atoms with Crippen molar-refractivity contribution in [3.63, 3.8) is 0 Å². The van der Waals surface area contributed by atoms with Crippen molar-refractivity contribution in [1.82, 2.24) is 10.6 Å². The molecule has 1 aliphatic heterocycles. The molecule has 0 bridgehead atoms. The lowest BCUT2D eigenvalue weighted by molar-refractivity contribution is -0.117. The molecule has 25 heavy (non-hydrogen) atoms. The average molecular weight is 354 g/mol. The largest absolute Gasteiger partial charge is 0.446 e. The monoisotopic (exact) mass is 354 g/mol. The second-order valence-corrected chi connectivity index (χ2v) is 5.62. The Morgan fingerprint density at radius 2 is 1.24 bits per heavy atom. The van der Waals surface area contributed by atoms with Gasteiger partial charge in [0.25, 0.3) is 11.8 Å². The van der Waals surface area contributed by atoms with Crippen molar-refractivity contribution in [3.05, 3.63) is 24.3 Å². The number of hydrogen-bond acceptors (Lipinski definition) is 7. The Balaban J connectivity index is 2.23. The van der Waals surface area contributed by atoms with Crippen molar-refractivity contribution >= 4 is 24.0 Å². The molecule has 1 saturated heterocycles. The lowest BCUT2D eigenvalue weighted by atomic mass is 10.2. The van der Waals surface area contributed by atoms with Gasteiger partial charge in [-0.1, -0.05) is 13.2 Å². The van der Waals surface area contributed by atoms with Gasteiger partial charge in [0.1, 0.15) is 13.2 Å². The Morgan fingerprint density at radius 3 is 1.56 bits per heavy atom. The fraction of sp³-hybridized carbons (Fsp3) is 0.500. The summed E-state index contributed by atoms with van der Waals surface area (Å²) in [6.45, 7) is 9.66. The molecule has 0 radical (unpaired) electrons. The molecule has 1 heterocycles. The average Bonchev–Trinajstić information content (AvgIpc) is 2.98. The van der Waals surface area contributed by atoms with E-state index < -0.39 is 24.0 Å². The maximum atomic E-state index is 11.4. The molecule has 0 aromatic rings. The van der Waals surface area contributed by atoms with Gasteiger partial charge in [0.2, 0.25) is 0 Å². The predicted molar refractivity (Wildman–Crippen MR) is 86.5 cm³/mol. The van der Waals surface area contributed by atoms with Gasteiger partial charge in [0.05, 0.1) is 12.2 Å². The van der Waals surface area contributed by atoms with Crippen LogP contribution in [0, 0.1) is 0 Å². The number of carbonyl (C=O) groups excluding carboxylic acids is 4. The van der Waals surface area contributed by atoms with E-state index in [2.05, 4.69) is 13.2 Å². The van der Waals surface area contributed by atoms with Crippen LogP contribution in [-0.4, -0.2) is 49.4 Å². The van der Waals surface area contributed by atoms with Crippen molar-refractivity contribution in [3.8, 4) is 0 Å². The van der Waals surface area contributed by atoms with Crippen LogP contribution in [0.3, 0.4) is 0 Å². The van der Waals surface area contributed by atoms with Crippen molar-refractivity contribution in [2.24, 2.45) is 0 Å². The molecule has 0 saturated carbocycles. The number of amides is 4. The van der Waals surface area contributed by atoms with E-state index in [4.69, 9.17) is 14.2 Å². The predicted octanol–water partition coefficient (Wildman–Crippen LogP) is 1.19.